The molecule has 0 aliphatic carbocycles. The quantitative estimate of drug-likeness (QED) is 0.489. The Bertz CT molecular complexity index is 1150. The van der Waals surface area contributed by atoms with Crippen LogP contribution in [0, 0.1) is 17.8 Å². The highest BCUT2D eigenvalue weighted by Crippen LogP contribution is 2.30. The molecule has 2 heterocycles. The Morgan fingerprint density at radius 3 is 2.26 bits per heavy atom. The van der Waals surface area contributed by atoms with Gasteiger partial charge in [0.25, 0.3) is 0 Å². The highest BCUT2D eigenvalue weighted by atomic mass is 32.1. The van der Waals surface area contributed by atoms with Gasteiger partial charge in [-0.1, -0.05) is 65.8 Å². The lowest BCUT2D eigenvalue weighted by atomic mass is 9.84. The van der Waals surface area contributed by atoms with Crippen molar-refractivity contribution in [3.05, 3.63) is 41.0 Å². The van der Waals surface area contributed by atoms with Crippen LogP contribution < -0.4 is 10.6 Å². The van der Waals surface area contributed by atoms with Crippen molar-refractivity contribution in [2.24, 2.45) is 10.8 Å². The predicted molar refractivity (Wildman–Crippen MR) is 146 cm³/mol. The zero-order valence-electron chi connectivity index (χ0n) is 23.2. The zero-order valence-corrected chi connectivity index (χ0v) is 24.0. The van der Waals surface area contributed by atoms with E-state index in [1.165, 1.54) is 16.2 Å². The van der Waals surface area contributed by atoms with Gasteiger partial charge in [0, 0.05) is 18.4 Å². The number of likely N-dealkylation sites (tertiary alicyclic amines) is 1. The molecule has 0 spiro atoms. The van der Waals surface area contributed by atoms with Crippen LogP contribution in [0.15, 0.2) is 29.8 Å². The van der Waals surface area contributed by atoms with E-state index in [0.717, 1.165) is 16.1 Å². The lowest BCUT2D eigenvalue weighted by Gasteiger charge is -2.36. The van der Waals surface area contributed by atoms with Crippen LogP contribution in [-0.2, 0) is 14.4 Å². The number of carbonyl (C=O) groups is 3. The smallest absolute Gasteiger partial charge is 0.246 e. The minimum Gasteiger partial charge on any atom is -0.391 e. The summed E-state index contributed by atoms with van der Waals surface area (Å²) in [5.41, 5.74) is 2.87. The largest absolute Gasteiger partial charge is 0.391 e. The van der Waals surface area contributed by atoms with Crippen LogP contribution in [0.25, 0.3) is 10.4 Å². The first-order valence-corrected chi connectivity index (χ1v) is 13.7. The van der Waals surface area contributed by atoms with Gasteiger partial charge in [0.15, 0.2) is 0 Å². The number of alkyl halides is 1. The molecular formula is C28H39FN4O4S. The molecule has 0 saturated carbocycles. The Labute approximate surface area is 228 Å². The average Bonchev–Trinajstić information content (AvgIpc) is 3.44. The number of carbonyl (C=O) groups excluding carboxylic acids is 3. The summed E-state index contributed by atoms with van der Waals surface area (Å²) in [4.78, 5) is 46.3. The number of amides is 3. The van der Waals surface area contributed by atoms with Gasteiger partial charge in [-0.25, -0.2) is 9.37 Å². The van der Waals surface area contributed by atoms with Crippen LogP contribution in [0.4, 0.5) is 4.39 Å². The summed E-state index contributed by atoms with van der Waals surface area (Å²) in [7, 11) is 0. The number of aryl methyl sites for hydroxylation is 1. The monoisotopic (exact) mass is 546 g/mol. The second-order valence-corrected chi connectivity index (χ2v) is 12.9. The number of thiazole rings is 1. The number of nitrogens with zero attached hydrogens (tertiary/aromatic N) is 2. The second-order valence-electron chi connectivity index (χ2n) is 12.0. The Hall–Kier alpha value is -2.85. The molecule has 0 unspecified atom stereocenters. The molecule has 0 radical (unpaired) electrons. The van der Waals surface area contributed by atoms with Crippen LogP contribution in [0.2, 0.25) is 0 Å². The minimum atomic E-state index is -0.984. The van der Waals surface area contributed by atoms with E-state index in [0.29, 0.717) is 5.56 Å². The molecule has 0 bridgehead atoms. The molecule has 1 aliphatic rings. The maximum Gasteiger partial charge on any atom is 0.246 e. The molecule has 3 rings (SSSR count). The predicted octanol–water partition coefficient (Wildman–Crippen LogP) is 3.78. The molecule has 1 fully saturated rings. The van der Waals surface area contributed by atoms with E-state index in [1.54, 1.807) is 38.4 Å². The molecule has 10 heteroatoms. The van der Waals surface area contributed by atoms with Crippen molar-refractivity contribution in [1.29, 1.82) is 0 Å². The number of aliphatic hydroxyl groups excluding tert-OH is 1. The van der Waals surface area contributed by atoms with E-state index in [4.69, 9.17) is 0 Å². The molecule has 38 heavy (non-hydrogen) atoms. The van der Waals surface area contributed by atoms with Gasteiger partial charge < -0.3 is 20.6 Å². The van der Waals surface area contributed by atoms with E-state index >= 15 is 0 Å². The number of hydrogen-bond donors (Lipinski definition) is 3. The Morgan fingerprint density at radius 2 is 1.76 bits per heavy atom. The summed E-state index contributed by atoms with van der Waals surface area (Å²) in [5, 5.41) is 15.9. The van der Waals surface area contributed by atoms with Crippen molar-refractivity contribution < 1.29 is 23.9 Å². The van der Waals surface area contributed by atoms with E-state index in [2.05, 4.69) is 15.6 Å². The van der Waals surface area contributed by atoms with Crippen molar-refractivity contribution in [3.8, 4) is 10.4 Å². The molecule has 3 N–H and O–H groups in total. The van der Waals surface area contributed by atoms with Gasteiger partial charge in [-0.05, 0) is 23.5 Å². The van der Waals surface area contributed by atoms with Crippen molar-refractivity contribution >= 4 is 29.1 Å². The first-order valence-electron chi connectivity index (χ1n) is 12.8. The standard InChI is InChI=1S/C28H39FN4O4S/c1-16-22(38-15-30-16)18-10-8-17(9-11-18)20(13-29)31-24(35)21-12-19(34)14-33(21)25(36)23(27(2,3)4)32-26(37)28(5,6)7/h8-11,15,19-21,23,34H,12-14H2,1-7H3,(H,31,35)(H,32,37)/t19-,20+,21+,23-/m1/s1. The molecule has 8 nitrogen and oxygen atoms in total. The number of aromatic nitrogens is 1. The summed E-state index contributed by atoms with van der Waals surface area (Å²) in [6.07, 6.45) is -0.871. The summed E-state index contributed by atoms with van der Waals surface area (Å²) in [5.74, 6) is -1.29. The molecule has 4 atom stereocenters. The Kier molecular flexibility index (Phi) is 8.98. The van der Waals surface area contributed by atoms with E-state index < -0.39 is 53.5 Å². The average molecular weight is 547 g/mol. The molecule has 1 aromatic heterocycles. The van der Waals surface area contributed by atoms with Gasteiger partial charge in [-0.2, -0.15) is 0 Å². The van der Waals surface area contributed by atoms with E-state index in [1.807, 2.05) is 39.8 Å². The lowest BCUT2D eigenvalue weighted by Crippen LogP contribution is -2.59. The first-order chi connectivity index (χ1) is 17.6. The number of benzene rings is 1. The summed E-state index contributed by atoms with van der Waals surface area (Å²) in [6.45, 7) is 11.8. The third-order valence-corrected chi connectivity index (χ3v) is 7.70. The van der Waals surface area contributed by atoms with Gasteiger partial charge in [-0.3, -0.25) is 14.4 Å². The summed E-state index contributed by atoms with van der Waals surface area (Å²) in [6, 6.07) is 4.47. The normalized spacial score (nSPS) is 19.7. The SMILES string of the molecule is Cc1ncsc1-c1ccc([C@H](CF)NC(=O)[C@@H]2C[C@@H](O)CN2C(=O)[C@@H](NC(=O)C(C)(C)C)C(C)(C)C)cc1. The number of rotatable bonds is 7. The highest BCUT2D eigenvalue weighted by molar-refractivity contribution is 7.13. The number of hydrogen-bond acceptors (Lipinski definition) is 6. The van der Waals surface area contributed by atoms with Crippen LogP contribution in [-0.4, -0.2) is 64.1 Å². The third kappa shape index (κ3) is 6.77. The molecule has 208 valence electrons. The Morgan fingerprint density at radius 1 is 1.13 bits per heavy atom. The molecule has 3 amide bonds. The number of aliphatic hydroxyl groups is 1. The van der Waals surface area contributed by atoms with Crippen molar-refractivity contribution in [3.63, 3.8) is 0 Å². The van der Waals surface area contributed by atoms with Crippen molar-refractivity contribution in [2.75, 3.05) is 13.2 Å². The molecular weight excluding hydrogens is 507 g/mol. The van der Waals surface area contributed by atoms with Crippen LogP contribution in [0.1, 0.15) is 65.3 Å². The van der Waals surface area contributed by atoms with Crippen LogP contribution >= 0.6 is 11.3 Å². The number of halogens is 1. The maximum atomic E-state index is 14.1. The summed E-state index contributed by atoms with van der Waals surface area (Å²) < 4.78 is 14.1. The van der Waals surface area contributed by atoms with Gasteiger partial charge in [0.1, 0.15) is 18.8 Å². The highest BCUT2D eigenvalue weighted by Gasteiger charge is 2.45. The first kappa shape index (κ1) is 29.7. The fraction of sp³-hybridized carbons (Fsp3) is 0.571. The summed E-state index contributed by atoms with van der Waals surface area (Å²) >= 11 is 1.52. The molecule has 1 aliphatic heterocycles. The van der Waals surface area contributed by atoms with Crippen LogP contribution in [0.5, 0.6) is 0 Å². The molecule has 1 aromatic carbocycles. The third-order valence-electron chi connectivity index (χ3n) is 6.73. The lowest BCUT2D eigenvalue weighted by molar-refractivity contribution is -0.145. The number of β-amino-alcohol motifs (C(OH)–C–C–N with tert-alkyl or cyclic N) is 1. The van der Waals surface area contributed by atoms with Crippen molar-refractivity contribution in [1.82, 2.24) is 20.5 Å². The Balaban J connectivity index is 1.78. The topological polar surface area (TPSA) is 112 Å². The van der Waals surface area contributed by atoms with Gasteiger partial charge in [0.05, 0.1) is 28.2 Å². The second kappa shape index (κ2) is 11.5. The molecule has 1 saturated heterocycles. The van der Waals surface area contributed by atoms with Gasteiger partial charge in [-0.15, -0.1) is 11.3 Å². The van der Waals surface area contributed by atoms with Gasteiger partial charge >= 0.3 is 0 Å². The van der Waals surface area contributed by atoms with Crippen molar-refractivity contribution in [2.45, 2.75) is 79.1 Å². The fourth-order valence-corrected chi connectivity index (χ4v) is 5.20. The van der Waals surface area contributed by atoms with Crippen LogP contribution in [0.3, 0.4) is 0 Å². The minimum absolute atomic E-state index is 0.0320. The van der Waals surface area contributed by atoms with E-state index in [9.17, 15) is 23.9 Å². The van der Waals surface area contributed by atoms with E-state index in [-0.39, 0.29) is 18.9 Å². The fourth-order valence-electron chi connectivity index (χ4n) is 4.39. The zero-order chi connectivity index (χ0) is 28.4. The maximum absolute atomic E-state index is 14.1. The number of nitrogens with one attached hydrogen (secondary N) is 2. The van der Waals surface area contributed by atoms with Gasteiger partial charge in [0.2, 0.25) is 17.7 Å². The molecule has 2 aromatic rings.